The first kappa shape index (κ1) is 16.2. The van der Waals surface area contributed by atoms with Crippen LogP contribution in [0.3, 0.4) is 0 Å². The van der Waals surface area contributed by atoms with Gasteiger partial charge < -0.3 is 5.73 Å². The van der Waals surface area contributed by atoms with E-state index in [0.29, 0.717) is 0 Å². The molecule has 0 bridgehead atoms. The quantitative estimate of drug-likeness (QED) is 0.868. The smallest absolute Gasteiger partial charge is 0.243 e. The third-order valence-corrected chi connectivity index (χ3v) is 3.52. The van der Waals surface area contributed by atoms with Crippen molar-refractivity contribution in [3.05, 3.63) is 29.8 Å². The summed E-state index contributed by atoms with van der Waals surface area (Å²) in [6, 6.07) is 2.41. The molecule has 0 saturated heterocycles. The Morgan fingerprint density at radius 1 is 1.41 bits per heavy atom. The zero-order valence-corrected chi connectivity index (χ0v) is 10.6. The van der Waals surface area contributed by atoms with Crippen molar-refractivity contribution in [3.63, 3.8) is 0 Å². The Labute approximate surface area is 105 Å². The summed E-state index contributed by atoms with van der Waals surface area (Å²) in [5.41, 5.74) is 5.23. The standard InChI is InChI=1S/C9H12F2N2O2S.ClH/c1-6(5-12)13-16(14,15)8-4-2-3-7(10)9(8)11;/h2-4,6,13H,5,12H2,1H3;1H/t6-;/m0./s1. The second-order valence-electron chi connectivity index (χ2n) is 3.31. The summed E-state index contributed by atoms with van der Waals surface area (Å²) in [5, 5.41) is 0. The molecule has 1 rings (SSSR count). The van der Waals surface area contributed by atoms with Gasteiger partial charge in [0.15, 0.2) is 11.6 Å². The van der Waals surface area contributed by atoms with Crippen molar-refractivity contribution >= 4 is 22.4 Å². The van der Waals surface area contributed by atoms with Gasteiger partial charge in [0.05, 0.1) is 0 Å². The zero-order chi connectivity index (χ0) is 12.3. The number of nitrogens with one attached hydrogen (secondary N) is 1. The summed E-state index contributed by atoms with van der Waals surface area (Å²) in [6.07, 6.45) is 0. The average molecular weight is 287 g/mol. The van der Waals surface area contributed by atoms with Crippen LogP contribution in [-0.4, -0.2) is 21.0 Å². The Morgan fingerprint density at radius 3 is 2.53 bits per heavy atom. The molecule has 0 saturated carbocycles. The largest absolute Gasteiger partial charge is 0.329 e. The molecule has 0 radical (unpaired) electrons. The monoisotopic (exact) mass is 286 g/mol. The highest BCUT2D eigenvalue weighted by Gasteiger charge is 2.22. The van der Waals surface area contributed by atoms with Crippen LogP contribution in [0.5, 0.6) is 0 Å². The second kappa shape index (κ2) is 6.25. The molecule has 1 aromatic carbocycles. The molecule has 0 spiro atoms. The lowest BCUT2D eigenvalue weighted by atomic mass is 10.3. The molecule has 0 aliphatic heterocycles. The maximum Gasteiger partial charge on any atom is 0.243 e. The van der Waals surface area contributed by atoms with Gasteiger partial charge in [0.1, 0.15) is 4.90 Å². The number of halogens is 3. The van der Waals surface area contributed by atoms with Crippen LogP contribution in [0.2, 0.25) is 0 Å². The van der Waals surface area contributed by atoms with Gasteiger partial charge in [0, 0.05) is 12.6 Å². The predicted octanol–water partition coefficient (Wildman–Crippen LogP) is 1.01. The SMILES string of the molecule is C[C@@H](CN)NS(=O)(=O)c1cccc(F)c1F.Cl. The van der Waals surface area contributed by atoms with Crippen molar-refractivity contribution in [2.24, 2.45) is 5.73 Å². The topological polar surface area (TPSA) is 72.2 Å². The van der Waals surface area contributed by atoms with Gasteiger partial charge in [-0.1, -0.05) is 6.07 Å². The number of benzene rings is 1. The van der Waals surface area contributed by atoms with E-state index >= 15 is 0 Å². The number of rotatable bonds is 4. The van der Waals surface area contributed by atoms with Gasteiger partial charge in [-0.2, -0.15) is 0 Å². The molecular weight excluding hydrogens is 274 g/mol. The van der Waals surface area contributed by atoms with Crippen LogP contribution in [-0.2, 0) is 10.0 Å². The lowest BCUT2D eigenvalue weighted by Gasteiger charge is -2.12. The van der Waals surface area contributed by atoms with E-state index in [9.17, 15) is 17.2 Å². The molecule has 8 heteroatoms. The Hall–Kier alpha value is -0.760. The number of sulfonamides is 1. The van der Waals surface area contributed by atoms with E-state index in [2.05, 4.69) is 4.72 Å². The van der Waals surface area contributed by atoms with Crippen LogP contribution in [0.25, 0.3) is 0 Å². The van der Waals surface area contributed by atoms with Gasteiger partial charge in [-0.15, -0.1) is 12.4 Å². The molecule has 98 valence electrons. The van der Waals surface area contributed by atoms with E-state index in [0.717, 1.165) is 18.2 Å². The van der Waals surface area contributed by atoms with Gasteiger partial charge in [0.25, 0.3) is 0 Å². The van der Waals surface area contributed by atoms with Crippen molar-refractivity contribution < 1.29 is 17.2 Å². The van der Waals surface area contributed by atoms with Crippen molar-refractivity contribution in [3.8, 4) is 0 Å². The molecule has 0 heterocycles. The maximum atomic E-state index is 13.2. The van der Waals surface area contributed by atoms with E-state index in [1.165, 1.54) is 6.92 Å². The summed E-state index contributed by atoms with van der Waals surface area (Å²) in [4.78, 5) is -0.715. The molecular formula is C9H13ClF2N2O2S. The third kappa shape index (κ3) is 3.88. The molecule has 0 unspecified atom stereocenters. The molecule has 1 aromatic rings. The molecule has 0 amide bonds. The van der Waals surface area contributed by atoms with Crippen LogP contribution >= 0.6 is 12.4 Å². The molecule has 0 aromatic heterocycles. The van der Waals surface area contributed by atoms with Gasteiger partial charge in [0.2, 0.25) is 10.0 Å². The highest BCUT2D eigenvalue weighted by atomic mass is 35.5. The summed E-state index contributed by atoms with van der Waals surface area (Å²) >= 11 is 0. The Balaban J connectivity index is 0.00000256. The molecule has 3 N–H and O–H groups in total. The van der Waals surface area contributed by atoms with Gasteiger partial charge in [-0.05, 0) is 19.1 Å². The fourth-order valence-corrected chi connectivity index (χ4v) is 2.41. The minimum Gasteiger partial charge on any atom is -0.329 e. The zero-order valence-electron chi connectivity index (χ0n) is 8.98. The summed E-state index contributed by atoms with van der Waals surface area (Å²) in [6.45, 7) is 1.59. The Morgan fingerprint density at radius 2 is 2.00 bits per heavy atom. The van der Waals surface area contributed by atoms with E-state index in [4.69, 9.17) is 5.73 Å². The average Bonchev–Trinajstić information content (AvgIpc) is 2.21. The second-order valence-corrected chi connectivity index (χ2v) is 4.99. The fourth-order valence-electron chi connectivity index (χ4n) is 1.07. The van der Waals surface area contributed by atoms with Crippen molar-refractivity contribution in [1.82, 2.24) is 4.72 Å². The van der Waals surface area contributed by atoms with E-state index in [-0.39, 0.29) is 19.0 Å². The molecule has 4 nitrogen and oxygen atoms in total. The molecule has 1 atom stereocenters. The lowest BCUT2D eigenvalue weighted by molar-refractivity contribution is 0.481. The minimum atomic E-state index is -4.07. The highest BCUT2D eigenvalue weighted by Crippen LogP contribution is 2.16. The first-order chi connectivity index (χ1) is 7.38. The van der Waals surface area contributed by atoms with E-state index in [1.807, 2.05) is 0 Å². The van der Waals surface area contributed by atoms with Gasteiger partial charge in [-0.25, -0.2) is 21.9 Å². The van der Waals surface area contributed by atoms with Crippen LogP contribution in [0, 0.1) is 11.6 Å². The third-order valence-electron chi connectivity index (χ3n) is 1.92. The fraction of sp³-hybridized carbons (Fsp3) is 0.333. The lowest BCUT2D eigenvalue weighted by Crippen LogP contribution is -2.38. The summed E-state index contributed by atoms with van der Waals surface area (Å²) < 4.78 is 51.4. The normalized spacial score (nSPS) is 12.9. The molecule has 0 fully saturated rings. The first-order valence-electron chi connectivity index (χ1n) is 4.55. The summed E-state index contributed by atoms with van der Waals surface area (Å²) in [7, 11) is -4.07. The Kier molecular flexibility index (Phi) is 5.97. The number of hydrogen-bond acceptors (Lipinski definition) is 3. The van der Waals surface area contributed by atoms with E-state index in [1.54, 1.807) is 0 Å². The summed E-state index contributed by atoms with van der Waals surface area (Å²) in [5.74, 6) is -2.59. The van der Waals surface area contributed by atoms with Gasteiger partial charge in [-0.3, -0.25) is 0 Å². The van der Waals surface area contributed by atoms with Gasteiger partial charge >= 0.3 is 0 Å². The number of nitrogens with two attached hydrogens (primary N) is 1. The van der Waals surface area contributed by atoms with Crippen molar-refractivity contribution in [2.75, 3.05) is 6.54 Å². The van der Waals surface area contributed by atoms with Crippen LogP contribution in [0.1, 0.15) is 6.92 Å². The maximum absolute atomic E-state index is 13.2. The predicted molar refractivity (Wildman–Crippen MR) is 62.4 cm³/mol. The van der Waals surface area contributed by atoms with Crippen molar-refractivity contribution in [2.45, 2.75) is 17.9 Å². The first-order valence-corrected chi connectivity index (χ1v) is 6.03. The van der Waals surface area contributed by atoms with Crippen molar-refractivity contribution in [1.29, 1.82) is 0 Å². The Bertz CT molecular complexity index is 482. The number of hydrogen-bond donors (Lipinski definition) is 2. The highest BCUT2D eigenvalue weighted by molar-refractivity contribution is 7.89. The van der Waals surface area contributed by atoms with Crippen LogP contribution in [0.4, 0.5) is 8.78 Å². The minimum absolute atomic E-state index is 0. The molecule has 17 heavy (non-hydrogen) atoms. The molecule has 0 aliphatic rings. The van der Waals surface area contributed by atoms with Crippen LogP contribution in [0.15, 0.2) is 23.1 Å². The van der Waals surface area contributed by atoms with Crippen LogP contribution < -0.4 is 10.5 Å². The molecule has 0 aliphatic carbocycles. The van der Waals surface area contributed by atoms with E-state index < -0.39 is 32.6 Å².